The number of carbonyl (C=O) groups excluding carboxylic acids is 3. The molecule has 23 heavy (non-hydrogen) atoms. The molecular formula is C15H20N2O6. The lowest BCUT2D eigenvalue weighted by Gasteiger charge is -2.22. The number of imide groups is 1. The van der Waals surface area contributed by atoms with Gasteiger partial charge in [0.05, 0.1) is 12.2 Å². The van der Waals surface area contributed by atoms with E-state index in [4.69, 9.17) is 9.47 Å². The summed E-state index contributed by atoms with van der Waals surface area (Å²) in [4.78, 5) is 36.1. The third-order valence-corrected chi connectivity index (χ3v) is 2.36. The molecule has 8 nitrogen and oxygen atoms in total. The van der Waals surface area contributed by atoms with Crippen LogP contribution in [0.15, 0.2) is 24.3 Å². The first-order chi connectivity index (χ1) is 10.7. The molecule has 0 heterocycles. The molecular weight excluding hydrogens is 304 g/mol. The van der Waals surface area contributed by atoms with Gasteiger partial charge < -0.3 is 14.6 Å². The number of nitrogens with one attached hydrogen (secondary N) is 1. The minimum atomic E-state index is -1.06. The Morgan fingerprint density at radius 3 is 2.22 bits per heavy atom. The van der Waals surface area contributed by atoms with E-state index in [1.165, 1.54) is 18.2 Å². The van der Waals surface area contributed by atoms with Gasteiger partial charge in [0.15, 0.2) is 0 Å². The lowest BCUT2D eigenvalue weighted by molar-refractivity contribution is 0.0382. The summed E-state index contributed by atoms with van der Waals surface area (Å²) < 4.78 is 9.77. The van der Waals surface area contributed by atoms with Crippen molar-refractivity contribution in [1.29, 1.82) is 0 Å². The average Bonchev–Trinajstić information content (AvgIpc) is 2.42. The number of carbonyl (C=O) groups is 3. The van der Waals surface area contributed by atoms with Crippen LogP contribution in [0, 0.1) is 0 Å². The molecule has 0 aliphatic rings. The maximum Gasteiger partial charge on any atom is 0.436 e. The number of hydrogen-bond acceptors (Lipinski definition) is 6. The van der Waals surface area contributed by atoms with Crippen molar-refractivity contribution in [3.05, 3.63) is 29.8 Å². The van der Waals surface area contributed by atoms with Crippen LogP contribution in [0.4, 0.5) is 9.59 Å². The number of benzene rings is 1. The maximum atomic E-state index is 12.4. The Morgan fingerprint density at radius 1 is 1.09 bits per heavy atom. The maximum absolute atomic E-state index is 12.4. The third-order valence-electron chi connectivity index (χ3n) is 2.36. The molecule has 0 spiro atoms. The Kier molecular flexibility index (Phi) is 6.37. The molecule has 0 atom stereocenters. The molecule has 2 N–H and O–H groups in total. The fraction of sp³-hybridized carbons (Fsp3) is 0.400. The number of ether oxygens (including phenoxy) is 2. The van der Waals surface area contributed by atoms with Gasteiger partial charge >= 0.3 is 12.2 Å². The van der Waals surface area contributed by atoms with Crippen LogP contribution in [0.3, 0.4) is 0 Å². The zero-order chi connectivity index (χ0) is 17.6. The van der Waals surface area contributed by atoms with Crippen molar-refractivity contribution in [2.45, 2.75) is 39.9 Å². The van der Waals surface area contributed by atoms with Crippen LogP contribution in [0.5, 0.6) is 5.75 Å². The van der Waals surface area contributed by atoms with Crippen molar-refractivity contribution in [3.63, 3.8) is 0 Å². The standard InChI is InChI=1S/C15H20N2O6/c1-9(2)22-14(20)16-17(15(21)23-10(3)4)13(19)11-6-5-7-12(18)8-11/h5-10,18H,1-4H3,(H,16,20). The SMILES string of the molecule is CC(C)OC(=O)NN(C(=O)OC(C)C)C(=O)c1cccc(O)c1. The van der Waals surface area contributed by atoms with Crippen molar-refractivity contribution in [1.82, 2.24) is 10.4 Å². The van der Waals surface area contributed by atoms with Gasteiger partial charge in [0.25, 0.3) is 5.91 Å². The highest BCUT2D eigenvalue weighted by Gasteiger charge is 2.28. The second-order valence-corrected chi connectivity index (χ2v) is 5.19. The highest BCUT2D eigenvalue weighted by Crippen LogP contribution is 2.13. The zero-order valence-electron chi connectivity index (χ0n) is 13.4. The first-order valence-electron chi connectivity index (χ1n) is 7.02. The number of hydrogen-bond donors (Lipinski definition) is 2. The summed E-state index contributed by atoms with van der Waals surface area (Å²) in [5.74, 6) is -1.02. The van der Waals surface area contributed by atoms with Crippen LogP contribution in [0.2, 0.25) is 0 Å². The van der Waals surface area contributed by atoms with Crippen molar-refractivity contribution in [2.75, 3.05) is 0 Å². The summed E-state index contributed by atoms with van der Waals surface area (Å²) >= 11 is 0. The molecule has 126 valence electrons. The molecule has 3 amide bonds. The summed E-state index contributed by atoms with van der Waals surface area (Å²) in [6.45, 7) is 6.43. The van der Waals surface area contributed by atoms with Crippen LogP contribution in [0.1, 0.15) is 38.1 Å². The quantitative estimate of drug-likeness (QED) is 0.827. The van der Waals surface area contributed by atoms with Gasteiger partial charge in [-0.1, -0.05) is 6.07 Å². The van der Waals surface area contributed by atoms with Crippen LogP contribution in [-0.2, 0) is 9.47 Å². The topological polar surface area (TPSA) is 105 Å². The lowest BCUT2D eigenvalue weighted by Crippen LogP contribution is -2.51. The van der Waals surface area contributed by atoms with Crippen molar-refractivity contribution in [2.24, 2.45) is 0 Å². The summed E-state index contributed by atoms with van der Waals surface area (Å²) in [6, 6.07) is 5.34. The summed E-state index contributed by atoms with van der Waals surface area (Å²) in [6.07, 6.45) is -2.97. The van der Waals surface area contributed by atoms with Gasteiger partial charge in [-0.3, -0.25) is 4.79 Å². The molecule has 0 aromatic heterocycles. The molecule has 0 radical (unpaired) electrons. The smallest absolute Gasteiger partial charge is 0.436 e. The van der Waals surface area contributed by atoms with Crippen molar-refractivity contribution < 1.29 is 29.0 Å². The monoisotopic (exact) mass is 324 g/mol. The van der Waals surface area contributed by atoms with Gasteiger partial charge in [-0.15, -0.1) is 5.01 Å². The van der Waals surface area contributed by atoms with Gasteiger partial charge in [-0.2, -0.15) is 0 Å². The minimum Gasteiger partial charge on any atom is -0.508 e. The average molecular weight is 324 g/mol. The molecule has 0 aliphatic carbocycles. The van der Waals surface area contributed by atoms with E-state index in [9.17, 15) is 19.5 Å². The van der Waals surface area contributed by atoms with E-state index in [0.29, 0.717) is 5.01 Å². The van der Waals surface area contributed by atoms with Crippen LogP contribution >= 0.6 is 0 Å². The zero-order valence-corrected chi connectivity index (χ0v) is 13.4. The van der Waals surface area contributed by atoms with E-state index < -0.39 is 30.3 Å². The van der Waals surface area contributed by atoms with E-state index in [0.717, 1.165) is 6.07 Å². The van der Waals surface area contributed by atoms with Gasteiger partial charge in [-0.05, 0) is 45.9 Å². The molecule has 0 unspecified atom stereocenters. The van der Waals surface area contributed by atoms with Crippen LogP contribution < -0.4 is 5.43 Å². The van der Waals surface area contributed by atoms with Crippen LogP contribution in [0.25, 0.3) is 0 Å². The second kappa shape index (κ2) is 8.02. The summed E-state index contributed by atoms with van der Waals surface area (Å²) in [5.41, 5.74) is 2.03. The fourth-order valence-corrected chi connectivity index (χ4v) is 1.53. The van der Waals surface area contributed by atoms with Gasteiger partial charge in [0.2, 0.25) is 0 Å². The van der Waals surface area contributed by atoms with Gasteiger partial charge in [0, 0.05) is 5.56 Å². The van der Waals surface area contributed by atoms with Gasteiger partial charge in [0.1, 0.15) is 5.75 Å². The lowest BCUT2D eigenvalue weighted by atomic mass is 10.2. The molecule has 0 fully saturated rings. The second-order valence-electron chi connectivity index (χ2n) is 5.19. The van der Waals surface area contributed by atoms with Crippen molar-refractivity contribution in [3.8, 4) is 5.75 Å². The Labute approximate surface area is 134 Å². The number of hydrazine groups is 1. The van der Waals surface area contributed by atoms with E-state index in [1.807, 2.05) is 5.43 Å². The molecule has 1 aromatic carbocycles. The molecule has 0 bridgehead atoms. The van der Waals surface area contributed by atoms with E-state index in [2.05, 4.69) is 0 Å². The van der Waals surface area contributed by atoms with E-state index in [1.54, 1.807) is 27.7 Å². The highest BCUT2D eigenvalue weighted by molar-refractivity contribution is 6.03. The number of rotatable bonds is 3. The molecule has 1 rings (SSSR count). The Morgan fingerprint density at radius 2 is 1.70 bits per heavy atom. The molecule has 8 heteroatoms. The summed E-state index contributed by atoms with van der Waals surface area (Å²) in [5, 5.41) is 9.83. The molecule has 0 aliphatic heterocycles. The largest absolute Gasteiger partial charge is 0.508 e. The number of aromatic hydroxyl groups is 1. The van der Waals surface area contributed by atoms with Gasteiger partial charge in [-0.25, -0.2) is 15.0 Å². The highest BCUT2D eigenvalue weighted by atomic mass is 16.6. The fourth-order valence-electron chi connectivity index (χ4n) is 1.53. The van der Waals surface area contributed by atoms with E-state index in [-0.39, 0.29) is 11.3 Å². The molecule has 0 saturated heterocycles. The summed E-state index contributed by atoms with van der Waals surface area (Å²) in [7, 11) is 0. The first kappa shape index (κ1) is 18.3. The Balaban J connectivity index is 3.00. The van der Waals surface area contributed by atoms with Crippen LogP contribution in [-0.4, -0.2) is 40.4 Å². The third kappa shape index (κ3) is 5.85. The predicted molar refractivity (Wildman–Crippen MR) is 80.6 cm³/mol. The minimum absolute atomic E-state index is 0.00412. The number of nitrogens with zero attached hydrogens (tertiary/aromatic N) is 1. The number of phenolic OH excluding ortho intramolecular Hbond substituents is 1. The number of phenols is 1. The first-order valence-corrected chi connectivity index (χ1v) is 7.02. The van der Waals surface area contributed by atoms with E-state index >= 15 is 0 Å². The molecule has 0 saturated carbocycles. The van der Waals surface area contributed by atoms with Crippen molar-refractivity contribution >= 4 is 18.1 Å². The number of amides is 3. The predicted octanol–water partition coefficient (Wildman–Crippen LogP) is 2.43. The Bertz CT molecular complexity index is 585. The molecule has 1 aromatic rings. The normalized spacial score (nSPS) is 10.3. The Hall–Kier alpha value is -2.77.